The van der Waals surface area contributed by atoms with Crippen LogP contribution in [0.5, 0.6) is 0 Å². The fraction of sp³-hybridized carbons (Fsp3) is 0.500. The minimum Gasteiger partial charge on any atom is -0.364 e. The number of rotatable bonds is 7. The summed E-state index contributed by atoms with van der Waals surface area (Å²) in [6, 6.07) is 7.43. The van der Waals surface area contributed by atoms with Crippen molar-refractivity contribution in [1.82, 2.24) is 24.7 Å². The summed E-state index contributed by atoms with van der Waals surface area (Å²) in [6.45, 7) is 5.43. The lowest BCUT2D eigenvalue weighted by Crippen LogP contribution is -2.54. The molecule has 1 saturated heterocycles. The number of nitrogens with zero attached hydrogens (tertiary/aromatic N) is 5. The van der Waals surface area contributed by atoms with Gasteiger partial charge in [-0.1, -0.05) is 11.2 Å². The standard InChI is InChI=1S/C18H26N6O3S/c1-2-19-18(21-9-6-16-5-3-4-8-20-16)23-10-12-24(13-11-23)28(25,26)15-17-7-14-27-22-17/h3-5,7-8,14H,2,6,9-13,15H2,1H3,(H,19,21). The van der Waals surface area contributed by atoms with E-state index in [-0.39, 0.29) is 5.75 Å². The highest BCUT2D eigenvalue weighted by atomic mass is 32.2. The van der Waals surface area contributed by atoms with E-state index in [1.165, 1.54) is 10.6 Å². The summed E-state index contributed by atoms with van der Waals surface area (Å²) >= 11 is 0. The summed E-state index contributed by atoms with van der Waals surface area (Å²) in [5.74, 6) is 0.675. The fourth-order valence-corrected chi connectivity index (χ4v) is 4.44. The number of nitrogens with one attached hydrogen (secondary N) is 1. The average Bonchev–Trinajstić information content (AvgIpc) is 3.20. The Morgan fingerprint density at radius 1 is 1.21 bits per heavy atom. The smallest absolute Gasteiger partial charge is 0.220 e. The summed E-state index contributed by atoms with van der Waals surface area (Å²) in [6.07, 6.45) is 3.93. The SMILES string of the molecule is CCNC(=NCCc1ccccn1)N1CCN(S(=O)(=O)Cc2ccon2)CC1. The molecule has 0 atom stereocenters. The maximum Gasteiger partial charge on any atom is 0.220 e. The number of aromatic nitrogens is 2. The maximum absolute atomic E-state index is 12.6. The molecule has 10 heteroatoms. The minimum atomic E-state index is -3.41. The predicted octanol–water partition coefficient (Wildman–Crippen LogP) is 0.725. The van der Waals surface area contributed by atoms with Gasteiger partial charge in [-0.25, -0.2) is 8.42 Å². The molecule has 0 saturated carbocycles. The third kappa shape index (κ3) is 5.52. The molecule has 0 amide bonds. The fourth-order valence-electron chi connectivity index (χ4n) is 3.02. The zero-order valence-corrected chi connectivity index (χ0v) is 16.8. The molecule has 1 N–H and O–H groups in total. The third-order valence-corrected chi connectivity index (χ3v) is 6.26. The quantitative estimate of drug-likeness (QED) is 0.534. The van der Waals surface area contributed by atoms with Gasteiger partial charge in [0.15, 0.2) is 5.96 Å². The van der Waals surface area contributed by atoms with Crippen molar-refractivity contribution in [2.24, 2.45) is 4.99 Å². The van der Waals surface area contributed by atoms with Gasteiger partial charge in [0.2, 0.25) is 10.0 Å². The molecule has 0 radical (unpaired) electrons. The van der Waals surface area contributed by atoms with Crippen LogP contribution in [0.15, 0.2) is 46.2 Å². The van der Waals surface area contributed by atoms with Crippen LogP contribution < -0.4 is 5.32 Å². The normalized spacial score (nSPS) is 16.3. The molecule has 1 aliphatic heterocycles. The van der Waals surface area contributed by atoms with Crippen LogP contribution in [0.1, 0.15) is 18.3 Å². The molecular formula is C18H26N6O3S. The number of guanidine groups is 1. The van der Waals surface area contributed by atoms with Gasteiger partial charge in [0, 0.05) is 63.6 Å². The molecule has 0 aliphatic carbocycles. The van der Waals surface area contributed by atoms with Crippen molar-refractivity contribution in [2.45, 2.75) is 19.1 Å². The van der Waals surface area contributed by atoms with Gasteiger partial charge in [0.25, 0.3) is 0 Å². The van der Waals surface area contributed by atoms with E-state index in [1.54, 1.807) is 12.3 Å². The molecular weight excluding hydrogens is 380 g/mol. The Balaban J connectivity index is 1.55. The molecule has 0 bridgehead atoms. The summed E-state index contributed by atoms with van der Waals surface area (Å²) in [5.41, 5.74) is 1.43. The van der Waals surface area contributed by atoms with E-state index in [0.717, 1.165) is 24.6 Å². The van der Waals surface area contributed by atoms with Crippen molar-refractivity contribution in [3.8, 4) is 0 Å². The van der Waals surface area contributed by atoms with Crippen molar-refractivity contribution in [1.29, 1.82) is 0 Å². The van der Waals surface area contributed by atoms with E-state index >= 15 is 0 Å². The van der Waals surface area contributed by atoms with Crippen LogP contribution in [0.25, 0.3) is 0 Å². The second-order valence-electron chi connectivity index (χ2n) is 6.44. The topological polar surface area (TPSA) is 104 Å². The molecule has 9 nitrogen and oxygen atoms in total. The van der Waals surface area contributed by atoms with Crippen LogP contribution in [0.2, 0.25) is 0 Å². The van der Waals surface area contributed by atoms with Crippen LogP contribution in [-0.4, -0.2) is 73.0 Å². The molecule has 0 aromatic carbocycles. The van der Waals surface area contributed by atoms with Crippen LogP contribution >= 0.6 is 0 Å². The lowest BCUT2D eigenvalue weighted by molar-refractivity contribution is 0.260. The first kappa shape index (κ1) is 20.3. The van der Waals surface area contributed by atoms with Crippen molar-refractivity contribution >= 4 is 16.0 Å². The zero-order valence-electron chi connectivity index (χ0n) is 16.0. The maximum atomic E-state index is 12.6. The molecule has 2 aromatic heterocycles. The largest absolute Gasteiger partial charge is 0.364 e. The molecule has 3 heterocycles. The van der Waals surface area contributed by atoms with Gasteiger partial charge in [-0.05, 0) is 19.1 Å². The van der Waals surface area contributed by atoms with Gasteiger partial charge in [-0.15, -0.1) is 0 Å². The highest BCUT2D eigenvalue weighted by molar-refractivity contribution is 7.88. The Hall–Kier alpha value is -2.46. The summed E-state index contributed by atoms with van der Waals surface area (Å²) in [5, 5.41) is 6.99. The summed E-state index contributed by atoms with van der Waals surface area (Å²) in [4.78, 5) is 11.1. The first-order valence-electron chi connectivity index (χ1n) is 9.39. The van der Waals surface area contributed by atoms with Crippen molar-refractivity contribution in [3.63, 3.8) is 0 Å². The van der Waals surface area contributed by atoms with Gasteiger partial charge in [0.05, 0.1) is 5.69 Å². The Kier molecular flexibility index (Phi) is 6.99. The number of hydrogen-bond donors (Lipinski definition) is 1. The van der Waals surface area contributed by atoms with Crippen LogP contribution in [0, 0.1) is 0 Å². The number of aliphatic imine (C=N–C) groups is 1. The van der Waals surface area contributed by atoms with Crippen LogP contribution in [0.3, 0.4) is 0 Å². The lowest BCUT2D eigenvalue weighted by Gasteiger charge is -2.35. The van der Waals surface area contributed by atoms with Gasteiger partial charge < -0.3 is 14.7 Å². The summed E-state index contributed by atoms with van der Waals surface area (Å²) in [7, 11) is -3.41. The van der Waals surface area contributed by atoms with Gasteiger partial charge in [0.1, 0.15) is 12.0 Å². The highest BCUT2D eigenvalue weighted by Gasteiger charge is 2.28. The molecule has 152 valence electrons. The Bertz CT molecular complexity index is 847. The first-order valence-corrected chi connectivity index (χ1v) is 11.0. The molecule has 1 fully saturated rings. The molecule has 0 unspecified atom stereocenters. The Morgan fingerprint density at radius 3 is 2.68 bits per heavy atom. The van der Waals surface area contributed by atoms with Gasteiger partial charge >= 0.3 is 0 Å². The number of hydrogen-bond acceptors (Lipinski definition) is 6. The second-order valence-corrected chi connectivity index (χ2v) is 8.41. The molecule has 1 aliphatic rings. The number of pyridine rings is 1. The second kappa shape index (κ2) is 9.65. The molecule has 28 heavy (non-hydrogen) atoms. The molecule has 3 rings (SSSR count). The number of sulfonamides is 1. The van der Waals surface area contributed by atoms with Crippen molar-refractivity contribution in [3.05, 3.63) is 48.1 Å². The van der Waals surface area contributed by atoms with Crippen molar-refractivity contribution < 1.29 is 12.9 Å². The molecule has 0 spiro atoms. The number of piperazine rings is 1. The summed E-state index contributed by atoms with van der Waals surface area (Å²) < 4.78 is 31.3. The zero-order chi connectivity index (χ0) is 19.8. The molecule has 2 aromatic rings. The van der Waals surface area contributed by atoms with E-state index < -0.39 is 10.0 Å². The van der Waals surface area contributed by atoms with E-state index in [9.17, 15) is 8.42 Å². The van der Waals surface area contributed by atoms with E-state index in [1.807, 2.05) is 25.1 Å². The van der Waals surface area contributed by atoms with Crippen LogP contribution in [0.4, 0.5) is 0 Å². The monoisotopic (exact) mass is 406 g/mol. The average molecular weight is 407 g/mol. The minimum absolute atomic E-state index is 0.137. The Morgan fingerprint density at radius 2 is 2.04 bits per heavy atom. The van der Waals surface area contributed by atoms with Crippen molar-refractivity contribution in [2.75, 3.05) is 39.3 Å². The lowest BCUT2D eigenvalue weighted by atomic mass is 10.3. The van der Waals surface area contributed by atoms with Gasteiger partial charge in [-0.3, -0.25) is 9.98 Å². The first-order chi connectivity index (χ1) is 13.6. The third-order valence-electron chi connectivity index (χ3n) is 4.44. The van der Waals surface area contributed by atoms with Gasteiger partial charge in [-0.2, -0.15) is 4.31 Å². The Labute approximate surface area is 165 Å². The van der Waals surface area contributed by atoms with E-state index in [4.69, 9.17) is 4.52 Å². The van der Waals surface area contributed by atoms with Crippen LogP contribution in [-0.2, 0) is 22.2 Å². The van der Waals surface area contributed by atoms with E-state index in [2.05, 4.69) is 25.3 Å². The predicted molar refractivity (Wildman–Crippen MR) is 106 cm³/mol. The highest BCUT2D eigenvalue weighted by Crippen LogP contribution is 2.13. The van der Waals surface area contributed by atoms with E-state index in [0.29, 0.717) is 38.4 Å².